The summed E-state index contributed by atoms with van der Waals surface area (Å²) in [6.07, 6.45) is 53.8. The number of allylic oxidation sites excluding steroid dienone is 4. The first-order chi connectivity index (χ1) is 29.0. The summed E-state index contributed by atoms with van der Waals surface area (Å²) in [5, 5.41) is 23.8. The van der Waals surface area contributed by atoms with Gasteiger partial charge < -0.3 is 20.3 Å². The quantitative estimate of drug-likeness (QED) is 0.0322. The number of aliphatic hydroxyl groups excluding tert-OH is 2. The Morgan fingerprint density at radius 1 is 0.475 bits per heavy atom. The third kappa shape index (κ3) is 42.8. The minimum Gasteiger partial charge on any atom is -0.462 e. The second kappa shape index (κ2) is 47.4. The first-order valence-corrected chi connectivity index (χ1v) is 26.1. The lowest BCUT2D eigenvalue weighted by atomic mass is 10.0. The fraction of sp³-hybridized carbons (Fsp3) is 0.887. The van der Waals surface area contributed by atoms with Crippen molar-refractivity contribution in [2.24, 2.45) is 0 Å². The molecule has 0 radical (unpaired) electrons. The van der Waals surface area contributed by atoms with Crippen LogP contribution in [0.1, 0.15) is 278 Å². The molecule has 0 heterocycles. The minimum absolute atomic E-state index is 0.0697. The van der Waals surface area contributed by atoms with Crippen LogP contribution >= 0.6 is 0 Å². The van der Waals surface area contributed by atoms with Crippen molar-refractivity contribution < 1.29 is 24.5 Å². The van der Waals surface area contributed by atoms with Crippen LogP contribution in [0.3, 0.4) is 0 Å². The number of amides is 1. The minimum atomic E-state index is -0.788. The van der Waals surface area contributed by atoms with Crippen LogP contribution in [0.2, 0.25) is 0 Å². The Bertz CT molecular complexity index is 935. The molecule has 0 rings (SSSR count). The molecule has 59 heavy (non-hydrogen) atoms. The molecule has 0 bridgehead atoms. The van der Waals surface area contributed by atoms with Crippen molar-refractivity contribution >= 4 is 11.9 Å². The molecule has 3 N–H and O–H groups in total. The maximum atomic E-state index is 13.2. The standard InChI is InChI=1S/C53H101NO5/c1-4-7-10-13-16-19-22-25-28-31-34-37-40-43-46-53(58)59-49(44-41-38-35-32-29-26-23-20-17-14-11-8-5-2)47-52(57)54-50(48-55)51(56)45-42-39-36-33-30-27-24-21-18-15-12-9-6-3/h20,23,28,31,49-51,55-56H,4-19,21-22,24-27,29-30,32-48H2,1-3H3,(H,54,57)/b23-20-,31-28-. The van der Waals surface area contributed by atoms with Crippen molar-refractivity contribution in [3.8, 4) is 0 Å². The lowest BCUT2D eigenvalue weighted by Gasteiger charge is -2.24. The van der Waals surface area contributed by atoms with Gasteiger partial charge in [0.25, 0.3) is 0 Å². The van der Waals surface area contributed by atoms with Crippen molar-refractivity contribution in [3.05, 3.63) is 24.3 Å². The molecule has 0 aromatic heterocycles. The molecular weight excluding hydrogens is 731 g/mol. The summed E-state index contributed by atoms with van der Waals surface area (Å²) >= 11 is 0. The smallest absolute Gasteiger partial charge is 0.306 e. The second-order valence-corrected chi connectivity index (χ2v) is 17.9. The molecule has 0 aliphatic carbocycles. The molecule has 0 saturated heterocycles. The Morgan fingerprint density at radius 2 is 0.814 bits per heavy atom. The molecule has 0 fully saturated rings. The average molecular weight is 832 g/mol. The highest BCUT2D eigenvalue weighted by atomic mass is 16.5. The fourth-order valence-electron chi connectivity index (χ4n) is 8.01. The number of carbonyl (C=O) groups is 2. The Labute approximate surface area is 367 Å². The van der Waals surface area contributed by atoms with Crippen LogP contribution < -0.4 is 5.32 Å². The normalized spacial score (nSPS) is 13.4. The van der Waals surface area contributed by atoms with E-state index in [2.05, 4.69) is 50.4 Å². The zero-order valence-corrected chi connectivity index (χ0v) is 39.7. The molecule has 0 spiro atoms. The van der Waals surface area contributed by atoms with Gasteiger partial charge in [-0.1, -0.05) is 212 Å². The molecule has 0 aliphatic rings. The van der Waals surface area contributed by atoms with E-state index in [9.17, 15) is 19.8 Å². The number of carbonyl (C=O) groups excluding carboxylic acids is 2. The summed E-state index contributed by atoms with van der Waals surface area (Å²) in [5.74, 6) is -0.490. The number of hydrogen-bond acceptors (Lipinski definition) is 5. The van der Waals surface area contributed by atoms with E-state index in [1.165, 1.54) is 167 Å². The van der Waals surface area contributed by atoms with Gasteiger partial charge in [0.05, 0.1) is 25.2 Å². The average Bonchev–Trinajstić information content (AvgIpc) is 3.23. The van der Waals surface area contributed by atoms with Gasteiger partial charge in [-0.2, -0.15) is 0 Å². The van der Waals surface area contributed by atoms with Crippen LogP contribution in [0.4, 0.5) is 0 Å². The van der Waals surface area contributed by atoms with E-state index >= 15 is 0 Å². The van der Waals surface area contributed by atoms with Crippen LogP contribution in [-0.2, 0) is 14.3 Å². The van der Waals surface area contributed by atoms with E-state index in [1.807, 2.05) is 0 Å². The van der Waals surface area contributed by atoms with Crippen molar-refractivity contribution in [2.75, 3.05) is 6.61 Å². The van der Waals surface area contributed by atoms with Crippen molar-refractivity contribution in [1.82, 2.24) is 5.32 Å². The predicted molar refractivity (Wildman–Crippen MR) is 255 cm³/mol. The van der Waals surface area contributed by atoms with Crippen molar-refractivity contribution in [3.63, 3.8) is 0 Å². The first-order valence-electron chi connectivity index (χ1n) is 26.1. The van der Waals surface area contributed by atoms with Gasteiger partial charge in [-0.3, -0.25) is 9.59 Å². The molecule has 3 atom stereocenters. The van der Waals surface area contributed by atoms with Crippen molar-refractivity contribution in [2.45, 2.75) is 296 Å². The highest BCUT2D eigenvalue weighted by Crippen LogP contribution is 2.18. The molecule has 3 unspecified atom stereocenters. The molecule has 6 heteroatoms. The van der Waals surface area contributed by atoms with Gasteiger partial charge in [0.2, 0.25) is 5.91 Å². The Balaban J connectivity index is 4.58. The highest BCUT2D eigenvalue weighted by molar-refractivity contribution is 5.77. The van der Waals surface area contributed by atoms with Gasteiger partial charge in [0.15, 0.2) is 0 Å². The van der Waals surface area contributed by atoms with E-state index in [-0.39, 0.29) is 24.9 Å². The van der Waals surface area contributed by atoms with Gasteiger partial charge >= 0.3 is 5.97 Å². The summed E-state index contributed by atoms with van der Waals surface area (Å²) in [6, 6.07) is -0.703. The van der Waals surface area contributed by atoms with Gasteiger partial charge in [0.1, 0.15) is 6.10 Å². The lowest BCUT2D eigenvalue weighted by molar-refractivity contribution is -0.151. The van der Waals surface area contributed by atoms with Gasteiger partial charge in [-0.25, -0.2) is 0 Å². The van der Waals surface area contributed by atoms with Crippen LogP contribution in [0.5, 0.6) is 0 Å². The lowest BCUT2D eigenvalue weighted by Crippen LogP contribution is -2.46. The Morgan fingerprint density at radius 3 is 1.22 bits per heavy atom. The molecular formula is C53H101NO5. The largest absolute Gasteiger partial charge is 0.462 e. The number of nitrogens with one attached hydrogen (secondary N) is 1. The SMILES string of the molecule is CCCCCC/C=C\CCCCCCCC(CC(=O)NC(CO)C(O)CCCCCCCCCCCCCCC)OC(=O)CCCCC/C=C\CCCCCCCCC. The molecule has 0 aliphatic heterocycles. The molecule has 0 saturated carbocycles. The summed E-state index contributed by atoms with van der Waals surface area (Å²) < 4.78 is 5.92. The molecule has 0 aromatic rings. The van der Waals surface area contributed by atoms with E-state index in [0.717, 1.165) is 64.2 Å². The van der Waals surface area contributed by atoms with Crippen LogP contribution in [-0.4, -0.2) is 46.9 Å². The van der Waals surface area contributed by atoms with Gasteiger partial charge in [0, 0.05) is 6.42 Å². The molecule has 348 valence electrons. The van der Waals surface area contributed by atoms with Gasteiger partial charge in [-0.05, 0) is 77.0 Å². The second-order valence-electron chi connectivity index (χ2n) is 17.9. The number of unbranched alkanes of at least 4 members (excludes halogenated alkanes) is 31. The maximum Gasteiger partial charge on any atom is 0.306 e. The van der Waals surface area contributed by atoms with Gasteiger partial charge in [-0.15, -0.1) is 0 Å². The number of rotatable bonds is 47. The summed E-state index contributed by atoms with van der Waals surface area (Å²) in [7, 11) is 0. The maximum absolute atomic E-state index is 13.2. The van der Waals surface area contributed by atoms with E-state index in [1.54, 1.807) is 0 Å². The third-order valence-electron chi connectivity index (χ3n) is 12.0. The topological polar surface area (TPSA) is 95.9 Å². The van der Waals surface area contributed by atoms with E-state index in [4.69, 9.17) is 4.74 Å². The zero-order chi connectivity index (χ0) is 43.1. The Kier molecular flexibility index (Phi) is 46.1. The molecule has 0 aromatic carbocycles. The third-order valence-corrected chi connectivity index (χ3v) is 12.0. The monoisotopic (exact) mass is 832 g/mol. The zero-order valence-electron chi connectivity index (χ0n) is 39.7. The predicted octanol–water partition coefficient (Wildman–Crippen LogP) is 15.5. The summed E-state index contributed by atoms with van der Waals surface area (Å²) in [4.78, 5) is 26.1. The van der Waals surface area contributed by atoms with Crippen LogP contribution in [0.25, 0.3) is 0 Å². The van der Waals surface area contributed by atoms with Crippen LogP contribution in [0.15, 0.2) is 24.3 Å². The Hall–Kier alpha value is -1.66. The number of aliphatic hydroxyl groups is 2. The first kappa shape index (κ1) is 57.3. The number of ether oxygens (including phenoxy) is 1. The molecule has 6 nitrogen and oxygen atoms in total. The van der Waals surface area contributed by atoms with Crippen molar-refractivity contribution in [1.29, 1.82) is 0 Å². The summed E-state index contributed by atoms with van der Waals surface area (Å²) in [6.45, 7) is 6.47. The number of hydrogen-bond donors (Lipinski definition) is 3. The highest BCUT2D eigenvalue weighted by Gasteiger charge is 2.24. The van der Waals surface area contributed by atoms with E-state index in [0.29, 0.717) is 19.3 Å². The molecule has 1 amide bonds. The number of esters is 1. The summed E-state index contributed by atoms with van der Waals surface area (Å²) in [5.41, 5.74) is 0. The fourth-order valence-corrected chi connectivity index (χ4v) is 8.01. The van der Waals surface area contributed by atoms with Crippen LogP contribution in [0, 0.1) is 0 Å². The van der Waals surface area contributed by atoms with E-state index < -0.39 is 18.2 Å².